The number of carboxylic acids is 1. The minimum atomic E-state index is -0.862. The fraction of sp³-hybridized carbons (Fsp3) is 0.500. The van der Waals surface area contributed by atoms with Crippen molar-refractivity contribution in [2.24, 2.45) is 17.8 Å². The molecule has 0 aromatic heterocycles. The summed E-state index contributed by atoms with van der Waals surface area (Å²) in [5.41, 5.74) is 3.71. The van der Waals surface area contributed by atoms with Crippen LogP contribution in [0.4, 0.5) is 0 Å². The molecule has 0 unspecified atom stereocenters. The molecule has 226 valence electrons. The fourth-order valence-electron chi connectivity index (χ4n) is 6.85. The highest BCUT2D eigenvalue weighted by Gasteiger charge is 2.54. The van der Waals surface area contributed by atoms with Crippen molar-refractivity contribution in [2.45, 2.75) is 77.7 Å². The number of carbonyl (C=O) groups is 3. The molecule has 1 saturated heterocycles. The number of hydrogen-bond donors (Lipinski definition) is 4. The predicted molar refractivity (Wildman–Crippen MR) is 161 cm³/mol. The van der Waals surface area contributed by atoms with Gasteiger partial charge < -0.3 is 20.4 Å². The minimum absolute atomic E-state index is 0.0603. The van der Waals surface area contributed by atoms with Crippen molar-refractivity contribution >= 4 is 34.6 Å². The van der Waals surface area contributed by atoms with Crippen molar-refractivity contribution in [3.8, 4) is 5.75 Å². The van der Waals surface area contributed by atoms with Crippen molar-refractivity contribution in [3.63, 3.8) is 0 Å². The maximum Gasteiger partial charge on any atom is 0.303 e. The number of carboxylic acid groups (broad SMARTS) is 1. The summed E-state index contributed by atoms with van der Waals surface area (Å²) in [6.45, 7) is 3.91. The van der Waals surface area contributed by atoms with Gasteiger partial charge in [-0.1, -0.05) is 67.3 Å². The summed E-state index contributed by atoms with van der Waals surface area (Å²) in [5, 5.41) is 42.7. The molecule has 2 aromatic rings. The molecule has 1 fully saturated rings. The molecular formula is C34H43NO7. The number of likely N-dealkylation sites (tertiary alicyclic amines) is 1. The molecule has 8 nitrogen and oxygen atoms in total. The van der Waals surface area contributed by atoms with Crippen LogP contribution in [-0.2, 0) is 14.4 Å². The average molecular weight is 578 g/mol. The molecule has 2 aliphatic rings. The maximum atomic E-state index is 13.4. The lowest BCUT2D eigenvalue weighted by Crippen LogP contribution is -2.39. The number of rotatable bonds is 14. The van der Waals surface area contributed by atoms with Gasteiger partial charge in [0.2, 0.25) is 11.8 Å². The number of unbranched alkanes of at least 4 members (excludes halogenated alkanes) is 2. The van der Waals surface area contributed by atoms with Crippen molar-refractivity contribution in [2.75, 3.05) is 13.2 Å². The zero-order valence-electron chi connectivity index (χ0n) is 24.6. The number of aliphatic carboxylic acids is 1. The topological polar surface area (TPSA) is 135 Å². The molecule has 0 radical (unpaired) electrons. The number of allylic oxidation sites excluding steroid dienone is 2. The van der Waals surface area contributed by atoms with Gasteiger partial charge in [0, 0.05) is 24.3 Å². The molecule has 2 amide bonds. The van der Waals surface area contributed by atoms with Crippen molar-refractivity contribution in [1.29, 1.82) is 0 Å². The lowest BCUT2D eigenvalue weighted by Gasteiger charge is -2.35. The largest absolute Gasteiger partial charge is 0.507 e. The molecule has 4 rings (SSSR count). The van der Waals surface area contributed by atoms with Gasteiger partial charge in [0.1, 0.15) is 5.75 Å². The first-order chi connectivity index (χ1) is 20.2. The number of phenolic OH excluding ortho intramolecular Hbond substituents is 1. The smallest absolute Gasteiger partial charge is 0.303 e. The average Bonchev–Trinajstić information content (AvgIpc) is 3.20. The van der Waals surface area contributed by atoms with Crippen LogP contribution in [-0.4, -0.2) is 62.4 Å². The van der Waals surface area contributed by atoms with E-state index in [4.69, 9.17) is 5.11 Å². The molecule has 42 heavy (non-hydrogen) atoms. The second kappa shape index (κ2) is 14.1. The third-order valence-corrected chi connectivity index (χ3v) is 8.85. The monoisotopic (exact) mass is 577 g/mol. The normalized spacial score (nSPS) is 21.8. The van der Waals surface area contributed by atoms with Crippen molar-refractivity contribution < 1.29 is 34.8 Å². The lowest BCUT2D eigenvalue weighted by molar-refractivity contribution is -0.141. The molecule has 1 aliphatic carbocycles. The molecule has 2 aromatic carbocycles. The quantitative estimate of drug-likeness (QED) is 0.133. The van der Waals surface area contributed by atoms with Crippen LogP contribution >= 0.6 is 0 Å². The summed E-state index contributed by atoms with van der Waals surface area (Å²) in [6, 6.07) is 11.3. The summed E-state index contributed by atoms with van der Waals surface area (Å²) < 4.78 is 0. The lowest BCUT2D eigenvalue weighted by atomic mass is 9.68. The number of aromatic hydroxyl groups is 1. The van der Waals surface area contributed by atoms with Crippen LogP contribution < -0.4 is 0 Å². The van der Waals surface area contributed by atoms with Gasteiger partial charge in [-0.3, -0.25) is 19.3 Å². The van der Waals surface area contributed by atoms with Crippen LogP contribution in [0.1, 0.15) is 77.2 Å². The molecule has 4 N–H and O–H groups in total. The van der Waals surface area contributed by atoms with E-state index in [1.807, 2.05) is 37.3 Å². The van der Waals surface area contributed by atoms with E-state index in [0.717, 1.165) is 34.8 Å². The van der Waals surface area contributed by atoms with Gasteiger partial charge >= 0.3 is 5.97 Å². The molecule has 1 heterocycles. The molecule has 1 aliphatic heterocycles. The van der Waals surface area contributed by atoms with Crippen molar-refractivity contribution in [3.05, 3.63) is 58.7 Å². The first-order valence-electron chi connectivity index (χ1n) is 15.1. The first-order valence-corrected chi connectivity index (χ1v) is 15.1. The van der Waals surface area contributed by atoms with E-state index in [1.54, 1.807) is 6.07 Å². The Morgan fingerprint density at radius 2 is 1.76 bits per heavy atom. The maximum absolute atomic E-state index is 13.4. The summed E-state index contributed by atoms with van der Waals surface area (Å²) >= 11 is 0. The van der Waals surface area contributed by atoms with E-state index < -0.39 is 29.8 Å². The van der Waals surface area contributed by atoms with Gasteiger partial charge in [0.15, 0.2) is 0 Å². The molecule has 0 saturated carbocycles. The van der Waals surface area contributed by atoms with Gasteiger partial charge in [0.05, 0.1) is 24.5 Å². The zero-order valence-corrected chi connectivity index (χ0v) is 24.6. The van der Waals surface area contributed by atoms with E-state index in [-0.39, 0.29) is 37.1 Å². The van der Waals surface area contributed by atoms with Crippen LogP contribution in [0, 0.1) is 17.8 Å². The SMILES string of the molecule is CCC/C(=C\c1ccc(O)c2ccccc12)CC[C@@H](O)C1=C(C)C[C@H]2C(=O)N(CCCCCC(=O)O)C(=O)[C@H]2[C@H]1CO. The van der Waals surface area contributed by atoms with Crippen LogP contribution in [0.2, 0.25) is 0 Å². The van der Waals surface area contributed by atoms with Crippen LogP contribution in [0.25, 0.3) is 16.8 Å². The standard InChI is InChI=1S/C34H43NO7/c1-3-9-22(19-23-14-16-28(37)25-11-7-6-10-24(23)25)13-15-29(38)31-21(2)18-26-32(27(31)20-36)34(42)35(33(26)41)17-8-4-5-12-30(39)40/h6-7,10-11,14,16,19,26-27,29,32,36-38H,3-5,8-9,12-13,15,17-18,20H2,1-2H3,(H,39,40)/b22-19+/t26-,27+,29-,32-/m1/s1. The number of imide groups is 1. The van der Waals surface area contributed by atoms with Gasteiger partial charge in [-0.05, 0) is 68.0 Å². The predicted octanol–water partition coefficient (Wildman–Crippen LogP) is 5.44. The highest BCUT2D eigenvalue weighted by Crippen LogP contribution is 2.46. The highest BCUT2D eigenvalue weighted by atomic mass is 16.4. The second-order valence-corrected chi connectivity index (χ2v) is 11.7. The van der Waals surface area contributed by atoms with Crippen LogP contribution in [0.5, 0.6) is 5.75 Å². The third kappa shape index (κ3) is 6.76. The number of amides is 2. The summed E-state index contributed by atoms with van der Waals surface area (Å²) in [5.74, 6) is -3.01. The van der Waals surface area contributed by atoms with Crippen LogP contribution in [0.3, 0.4) is 0 Å². The number of carbonyl (C=O) groups excluding carboxylic acids is 2. The van der Waals surface area contributed by atoms with E-state index in [9.17, 15) is 29.7 Å². The Morgan fingerprint density at radius 3 is 2.45 bits per heavy atom. The Hall–Kier alpha value is -3.49. The minimum Gasteiger partial charge on any atom is -0.507 e. The Bertz CT molecular complexity index is 1380. The Balaban J connectivity index is 1.48. The number of phenols is 1. The third-order valence-electron chi connectivity index (χ3n) is 8.85. The Morgan fingerprint density at radius 1 is 1.02 bits per heavy atom. The second-order valence-electron chi connectivity index (χ2n) is 11.7. The van der Waals surface area contributed by atoms with Gasteiger partial charge in [-0.25, -0.2) is 0 Å². The number of aliphatic hydroxyl groups is 2. The van der Waals surface area contributed by atoms with E-state index in [0.29, 0.717) is 44.1 Å². The van der Waals surface area contributed by atoms with Gasteiger partial charge in [0.25, 0.3) is 0 Å². The summed E-state index contributed by atoms with van der Waals surface area (Å²) in [4.78, 5) is 38.7. The van der Waals surface area contributed by atoms with Gasteiger partial charge in [-0.15, -0.1) is 0 Å². The molecule has 0 spiro atoms. The highest BCUT2D eigenvalue weighted by molar-refractivity contribution is 6.05. The fourth-order valence-corrected chi connectivity index (χ4v) is 6.85. The molecule has 4 atom stereocenters. The number of benzene rings is 2. The molecule has 0 bridgehead atoms. The van der Waals surface area contributed by atoms with E-state index >= 15 is 0 Å². The van der Waals surface area contributed by atoms with E-state index in [1.165, 1.54) is 10.5 Å². The number of nitrogens with zero attached hydrogens (tertiary/aromatic N) is 1. The van der Waals surface area contributed by atoms with E-state index in [2.05, 4.69) is 13.0 Å². The number of hydrogen-bond acceptors (Lipinski definition) is 6. The van der Waals surface area contributed by atoms with Crippen molar-refractivity contribution in [1.82, 2.24) is 4.90 Å². The Labute approximate surface area is 247 Å². The van der Waals surface area contributed by atoms with Gasteiger partial charge in [-0.2, -0.15) is 0 Å². The first kappa shape index (κ1) is 31.4. The molecular weight excluding hydrogens is 534 g/mol. The number of aliphatic hydroxyl groups excluding tert-OH is 2. The summed E-state index contributed by atoms with van der Waals surface area (Å²) in [7, 11) is 0. The molecule has 8 heteroatoms. The summed E-state index contributed by atoms with van der Waals surface area (Å²) in [6.07, 6.45) is 6.20. The number of fused-ring (bicyclic) bond motifs is 2. The zero-order chi connectivity index (χ0) is 30.4. The Kier molecular flexibility index (Phi) is 10.6. The van der Waals surface area contributed by atoms with Crippen LogP contribution in [0.15, 0.2) is 53.1 Å².